The number of carbonyl (C=O) groups is 2. The molecular formula is C12H20N2O3. The maximum absolute atomic E-state index is 12.2. The van der Waals surface area contributed by atoms with Gasteiger partial charge in [0.1, 0.15) is 0 Å². The van der Waals surface area contributed by atoms with E-state index in [0.29, 0.717) is 19.5 Å². The second kappa shape index (κ2) is 5.04. The second-order valence-electron chi connectivity index (χ2n) is 5.23. The first-order valence-electron chi connectivity index (χ1n) is 6.35. The Hall–Kier alpha value is -1.10. The maximum Gasteiger partial charge on any atom is 0.308 e. The molecule has 2 unspecified atom stereocenters. The monoisotopic (exact) mass is 240 g/mol. The summed E-state index contributed by atoms with van der Waals surface area (Å²) in [6.45, 7) is 1.08. The molecule has 1 aliphatic carbocycles. The minimum Gasteiger partial charge on any atom is -0.481 e. The number of aliphatic carboxylic acids is 1. The van der Waals surface area contributed by atoms with Crippen molar-refractivity contribution >= 4 is 11.9 Å². The zero-order valence-corrected chi connectivity index (χ0v) is 9.97. The molecule has 0 spiro atoms. The highest BCUT2D eigenvalue weighted by atomic mass is 16.4. The first-order valence-corrected chi connectivity index (χ1v) is 6.35. The van der Waals surface area contributed by atoms with E-state index in [1.165, 1.54) is 0 Å². The van der Waals surface area contributed by atoms with Crippen LogP contribution in [0.1, 0.15) is 32.1 Å². The Labute approximate surface area is 101 Å². The Kier molecular flexibility index (Phi) is 3.66. The van der Waals surface area contributed by atoms with Crippen molar-refractivity contribution in [3.05, 3.63) is 0 Å². The van der Waals surface area contributed by atoms with Gasteiger partial charge in [0.25, 0.3) is 0 Å². The van der Waals surface area contributed by atoms with Crippen LogP contribution in [0.3, 0.4) is 0 Å². The molecule has 0 aromatic carbocycles. The summed E-state index contributed by atoms with van der Waals surface area (Å²) in [5.41, 5.74) is 5.80. The number of rotatable bonds is 2. The Morgan fingerprint density at radius 3 is 2.53 bits per heavy atom. The third kappa shape index (κ3) is 2.77. The van der Waals surface area contributed by atoms with Crippen molar-refractivity contribution in [1.82, 2.24) is 4.90 Å². The van der Waals surface area contributed by atoms with Crippen molar-refractivity contribution in [1.29, 1.82) is 0 Å². The molecule has 17 heavy (non-hydrogen) atoms. The molecule has 3 N–H and O–H groups in total. The van der Waals surface area contributed by atoms with E-state index in [2.05, 4.69) is 0 Å². The van der Waals surface area contributed by atoms with Crippen LogP contribution in [-0.4, -0.2) is 41.0 Å². The minimum atomic E-state index is -0.786. The lowest BCUT2D eigenvalue weighted by Gasteiger charge is -2.32. The standard InChI is InChI=1S/C12H20N2O3/c13-10-4-3-8(6-10)11(15)14-5-1-2-9(7-14)12(16)17/h8-10H,1-7,13H2,(H,16,17)/t8?,9-,10?/m1/s1. The lowest BCUT2D eigenvalue weighted by Crippen LogP contribution is -2.44. The molecule has 0 radical (unpaired) electrons. The highest BCUT2D eigenvalue weighted by molar-refractivity contribution is 5.80. The topological polar surface area (TPSA) is 83.6 Å². The van der Waals surface area contributed by atoms with Gasteiger partial charge in [-0.1, -0.05) is 0 Å². The number of nitrogens with two attached hydrogens (primary N) is 1. The molecule has 5 nitrogen and oxygen atoms in total. The predicted molar refractivity (Wildman–Crippen MR) is 62.3 cm³/mol. The molecule has 3 atom stereocenters. The fourth-order valence-electron chi connectivity index (χ4n) is 2.88. The van der Waals surface area contributed by atoms with E-state index < -0.39 is 5.97 Å². The van der Waals surface area contributed by atoms with Crippen LogP contribution in [0.2, 0.25) is 0 Å². The molecule has 1 saturated carbocycles. The summed E-state index contributed by atoms with van der Waals surface area (Å²) in [4.78, 5) is 24.9. The second-order valence-corrected chi connectivity index (χ2v) is 5.23. The summed E-state index contributed by atoms with van der Waals surface area (Å²) >= 11 is 0. The Morgan fingerprint density at radius 1 is 1.18 bits per heavy atom. The zero-order chi connectivity index (χ0) is 12.4. The van der Waals surface area contributed by atoms with Gasteiger partial charge in [0.15, 0.2) is 0 Å². The molecule has 2 fully saturated rings. The first-order chi connectivity index (χ1) is 8.08. The van der Waals surface area contributed by atoms with Gasteiger partial charge in [-0.2, -0.15) is 0 Å². The molecular weight excluding hydrogens is 220 g/mol. The van der Waals surface area contributed by atoms with Gasteiger partial charge >= 0.3 is 5.97 Å². The molecule has 2 aliphatic rings. The van der Waals surface area contributed by atoms with Crippen molar-refractivity contribution in [3.63, 3.8) is 0 Å². The van der Waals surface area contributed by atoms with E-state index in [9.17, 15) is 9.59 Å². The Morgan fingerprint density at radius 2 is 1.94 bits per heavy atom. The largest absolute Gasteiger partial charge is 0.481 e. The van der Waals surface area contributed by atoms with Crippen LogP contribution in [0.4, 0.5) is 0 Å². The fourth-order valence-corrected chi connectivity index (χ4v) is 2.88. The summed E-state index contributed by atoms with van der Waals surface area (Å²) < 4.78 is 0. The van der Waals surface area contributed by atoms with E-state index >= 15 is 0 Å². The van der Waals surface area contributed by atoms with Crippen molar-refractivity contribution in [2.24, 2.45) is 17.6 Å². The van der Waals surface area contributed by atoms with Crippen molar-refractivity contribution in [2.75, 3.05) is 13.1 Å². The van der Waals surface area contributed by atoms with Gasteiger partial charge in [-0.15, -0.1) is 0 Å². The number of nitrogens with zero attached hydrogens (tertiary/aromatic N) is 1. The molecule has 0 aromatic heterocycles. The van der Waals surface area contributed by atoms with Gasteiger partial charge in [0.05, 0.1) is 5.92 Å². The highest BCUT2D eigenvalue weighted by Crippen LogP contribution is 2.28. The van der Waals surface area contributed by atoms with Crippen LogP contribution in [0.15, 0.2) is 0 Å². The van der Waals surface area contributed by atoms with Gasteiger partial charge in [0, 0.05) is 25.0 Å². The lowest BCUT2D eigenvalue weighted by atomic mass is 9.96. The van der Waals surface area contributed by atoms with Crippen molar-refractivity contribution < 1.29 is 14.7 Å². The molecule has 0 aromatic rings. The number of hydrogen-bond acceptors (Lipinski definition) is 3. The number of hydrogen-bond donors (Lipinski definition) is 2. The predicted octanol–water partition coefficient (Wildman–Crippen LogP) is 0.437. The molecule has 1 aliphatic heterocycles. The Balaban J connectivity index is 1.93. The van der Waals surface area contributed by atoms with Crippen LogP contribution in [0.5, 0.6) is 0 Å². The molecule has 1 heterocycles. The molecule has 96 valence electrons. The molecule has 2 rings (SSSR count). The quantitative estimate of drug-likeness (QED) is 0.733. The highest BCUT2D eigenvalue weighted by Gasteiger charge is 2.34. The summed E-state index contributed by atoms with van der Waals surface area (Å²) in [5, 5.41) is 8.99. The van der Waals surface area contributed by atoms with Crippen molar-refractivity contribution in [3.8, 4) is 0 Å². The summed E-state index contributed by atoms with van der Waals surface area (Å²) in [7, 11) is 0. The molecule has 1 saturated heterocycles. The van der Waals surface area contributed by atoms with Gasteiger partial charge in [-0.05, 0) is 32.1 Å². The van der Waals surface area contributed by atoms with Gasteiger partial charge < -0.3 is 15.7 Å². The number of carboxylic acid groups (broad SMARTS) is 1. The van der Waals surface area contributed by atoms with Crippen LogP contribution in [0, 0.1) is 11.8 Å². The van der Waals surface area contributed by atoms with Crippen LogP contribution in [-0.2, 0) is 9.59 Å². The van der Waals surface area contributed by atoms with E-state index in [0.717, 1.165) is 25.7 Å². The van der Waals surface area contributed by atoms with Crippen LogP contribution >= 0.6 is 0 Å². The maximum atomic E-state index is 12.2. The number of carboxylic acids is 1. The number of amides is 1. The average Bonchev–Trinajstić information content (AvgIpc) is 2.75. The van der Waals surface area contributed by atoms with Gasteiger partial charge in [0.2, 0.25) is 5.91 Å². The van der Waals surface area contributed by atoms with Gasteiger partial charge in [-0.25, -0.2) is 0 Å². The SMILES string of the molecule is NC1CCC(C(=O)N2CCC[C@@H](C(=O)O)C2)C1. The smallest absolute Gasteiger partial charge is 0.308 e. The van der Waals surface area contributed by atoms with E-state index in [4.69, 9.17) is 10.8 Å². The molecule has 1 amide bonds. The third-order valence-corrected chi connectivity index (χ3v) is 3.90. The first kappa shape index (κ1) is 12.4. The number of likely N-dealkylation sites (tertiary alicyclic amines) is 1. The fraction of sp³-hybridized carbons (Fsp3) is 0.833. The summed E-state index contributed by atoms with van der Waals surface area (Å²) in [6.07, 6.45) is 4.00. The minimum absolute atomic E-state index is 0.0255. The summed E-state index contributed by atoms with van der Waals surface area (Å²) in [6, 6.07) is 0.143. The molecule has 5 heteroatoms. The summed E-state index contributed by atoms with van der Waals surface area (Å²) in [5.74, 6) is -1.03. The van der Waals surface area contributed by atoms with E-state index in [1.807, 2.05) is 0 Å². The molecule has 0 bridgehead atoms. The number of piperidine rings is 1. The van der Waals surface area contributed by atoms with E-state index in [1.54, 1.807) is 4.90 Å². The number of carbonyl (C=O) groups excluding carboxylic acids is 1. The van der Waals surface area contributed by atoms with Gasteiger partial charge in [-0.3, -0.25) is 9.59 Å². The zero-order valence-electron chi connectivity index (χ0n) is 9.97. The normalized spacial score (nSPS) is 33.7. The van der Waals surface area contributed by atoms with Crippen LogP contribution in [0.25, 0.3) is 0 Å². The lowest BCUT2D eigenvalue weighted by molar-refractivity contribution is -0.146. The average molecular weight is 240 g/mol. The van der Waals surface area contributed by atoms with E-state index in [-0.39, 0.29) is 23.8 Å². The Bertz CT molecular complexity index is 319. The third-order valence-electron chi connectivity index (χ3n) is 3.90. The van der Waals surface area contributed by atoms with Crippen LogP contribution < -0.4 is 5.73 Å². The van der Waals surface area contributed by atoms with Crippen molar-refractivity contribution in [2.45, 2.75) is 38.1 Å².